The third-order valence-corrected chi connectivity index (χ3v) is 4.36. The molecule has 1 heterocycles. The molecule has 1 aliphatic heterocycles. The van der Waals surface area contributed by atoms with Crippen LogP contribution in [0, 0.1) is 11.6 Å². The van der Waals surface area contributed by atoms with Crippen LogP contribution in [0.4, 0.5) is 8.78 Å². The summed E-state index contributed by atoms with van der Waals surface area (Å²) in [6.07, 6.45) is 2.22. The Bertz CT molecular complexity index is 624. The van der Waals surface area contributed by atoms with Crippen molar-refractivity contribution in [2.75, 3.05) is 20.1 Å². The van der Waals surface area contributed by atoms with Gasteiger partial charge in [0, 0.05) is 20.1 Å². The van der Waals surface area contributed by atoms with Gasteiger partial charge in [0.1, 0.15) is 6.04 Å². The van der Waals surface area contributed by atoms with Gasteiger partial charge < -0.3 is 9.80 Å². The highest BCUT2D eigenvalue weighted by Crippen LogP contribution is 2.25. The van der Waals surface area contributed by atoms with Crippen LogP contribution in [0.5, 0.6) is 0 Å². The SMILES string of the molecule is CCCCC1C(=O)N(C)CCN1C(=O)c1cc(F)c(F)cc1Cl. The van der Waals surface area contributed by atoms with Crippen LogP contribution in [-0.2, 0) is 4.79 Å². The van der Waals surface area contributed by atoms with Gasteiger partial charge in [-0.05, 0) is 18.6 Å². The number of hydrogen-bond acceptors (Lipinski definition) is 2. The smallest absolute Gasteiger partial charge is 0.256 e. The average molecular weight is 345 g/mol. The number of halogens is 3. The Balaban J connectivity index is 2.32. The first-order valence-electron chi connectivity index (χ1n) is 7.57. The van der Waals surface area contributed by atoms with E-state index in [4.69, 9.17) is 11.6 Å². The number of likely N-dealkylation sites (N-methyl/N-ethyl adjacent to an activating group) is 1. The number of carbonyl (C=O) groups is 2. The van der Waals surface area contributed by atoms with Crippen LogP contribution in [0.3, 0.4) is 0 Å². The summed E-state index contributed by atoms with van der Waals surface area (Å²) in [5, 5.41) is -0.158. The Hall–Kier alpha value is -1.69. The first kappa shape index (κ1) is 17.7. The molecule has 0 N–H and O–H groups in total. The molecule has 0 aromatic heterocycles. The normalized spacial score (nSPS) is 18.5. The van der Waals surface area contributed by atoms with Gasteiger partial charge in [-0.15, -0.1) is 0 Å². The first-order chi connectivity index (χ1) is 10.9. The number of unbranched alkanes of at least 4 members (excludes halogenated alkanes) is 1. The number of amides is 2. The lowest BCUT2D eigenvalue weighted by atomic mass is 10.0. The number of carbonyl (C=O) groups excluding carboxylic acids is 2. The van der Waals surface area contributed by atoms with Crippen molar-refractivity contribution in [3.8, 4) is 0 Å². The summed E-state index contributed by atoms with van der Waals surface area (Å²) in [5.41, 5.74) is -0.121. The fourth-order valence-electron chi connectivity index (χ4n) is 2.67. The zero-order valence-electron chi connectivity index (χ0n) is 13.1. The van der Waals surface area contributed by atoms with E-state index in [1.165, 1.54) is 4.90 Å². The van der Waals surface area contributed by atoms with E-state index < -0.39 is 23.6 Å². The Morgan fingerprint density at radius 2 is 1.96 bits per heavy atom. The standard InChI is InChI=1S/C16H19ClF2N2O2/c1-3-4-5-14-16(23)20(2)6-7-21(14)15(22)10-8-12(18)13(19)9-11(10)17/h8-9,14H,3-7H2,1-2H3. The molecule has 0 saturated carbocycles. The van der Waals surface area contributed by atoms with E-state index in [9.17, 15) is 18.4 Å². The maximum absolute atomic E-state index is 13.4. The molecule has 0 radical (unpaired) electrons. The van der Waals surface area contributed by atoms with E-state index in [2.05, 4.69) is 0 Å². The monoisotopic (exact) mass is 344 g/mol. The van der Waals surface area contributed by atoms with E-state index in [-0.39, 0.29) is 16.5 Å². The number of benzene rings is 1. The van der Waals surface area contributed by atoms with Gasteiger partial charge in [-0.3, -0.25) is 9.59 Å². The number of nitrogens with zero attached hydrogens (tertiary/aromatic N) is 2. The predicted octanol–water partition coefficient (Wildman–Crippen LogP) is 3.09. The quantitative estimate of drug-likeness (QED) is 0.787. The number of rotatable bonds is 4. The molecule has 7 heteroatoms. The first-order valence-corrected chi connectivity index (χ1v) is 7.95. The van der Waals surface area contributed by atoms with E-state index in [0.29, 0.717) is 19.5 Å². The summed E-state index contributed by atoms with van der Waals surface area (Å²) < 4.78 is 26.6. The molecule has 0 bridgehead atoms. The fraction of sp³-hybridized carbons (Fsp3) is 0.500. The summed E-state index contributed by atoms with van der Waals surface area (Å²) in [6, 6.07) is 0.980. The van der Waals surface area contributed by atoms with Crippen molar-refractivity contribution >= 4 is 23.4 Å². The summed E-state index contributed by atoms with van der Waals surface area (Å²) in [5.74, 6) is -2.93. The zero-order chi connectivity index (χ0) is 17.1. The molecule has 1 aromatic rings. The molecule has 126 valence electrons. The van der Waals surface area contributed by atoms with Gasteiger partial charge in [-0.25, -0.2) is 8.78 Å². The lowest BCUT2D eigenvalue weighted by Crippen LogP contribution is -2.57. The van der Waals surface area contributed by atoms with Crippen LogP contribution < -0.4 is 0 Å². The highest BCUT2D eigenvalue weighted by Gasteiger charge is 2.36. The van der Waals surface area contributed by atoms with E-state index >= 15 is 0 Å². The predicted molar refractivity (Wildman–Crippen MR) is 83.4 cm³/mol. The Labute approximate surface area is 139 Å². The molecular formula is C16H19ClF2N2O2. The van der Waals surface area contributed by atoms with Crippen molar-refractivity contribution in [3.05, 3.63) is 34.4 Å². The van der Waals surface area contributed by atoms with Crippen molar-refractivity contribution in [2.24, 2.45) is 0 Å². The minimum absolute atomic E-state index is 0.121. The minimum Gasteiger partial charge on any atom is -0.342 e. The summed E-state index contributed by atoms with van der Waals surface area (Å²) >= 11 is 5.88. The molecule has 0 aliphatic carbocycles. The van der Waals surface area contributed by atoms with Crippen molar-refractivity contribution in [3.63, 3.8) is 0 Å². The zero-order valence-corrected chi connectivity index (χ0v) is 13.9. The molecule has 23 heavy (non-hydrogen) atoms. The third-order valence-electron chi connectivity index (χ3n) is 4.05. The Morgan fingerprint density at radius 1 is 1.30 bits per heavy atom. The molecular weight excluding hydrogens is 326 g/mol. The van der Waals surface area contributed by atoms with Gasteiger partial charge in [0.25, 0.3) is 5.91 Å². The Kier molecular flexibility index (Phi) is 5.57. The lowest BCUT2D eigenvalue weighted by molar-refractivity contribution is -0.138. The van der Waals surface area contributed by atoms with E-state index in [0.717, 1.165) is 25.0 Å². The second-order valence-electron chi connectivity index (χ2n) is 5.66. The van der Waals surface area contributed by atoms with E-state index in [1.807, 2.05) is 6.92 Å². The molecule has 4 nitrogen and oxygen atoms in total. The molecule has 1 fully saturated rings. The van der Waals surface area contributed by atoms with Gasteiger partial charge in [0.15, 0.2) is 11.6 Å². The maximum atomic E-state index is 13.4. The topological polar surface area (TPSA) is 40.6 Å². The summed E-state index contributed by atoms with van der Waals surface area (Å²) in [4.78, 5) is 28.0. The van der Waals surface area contributed by atoms with Crippen LogP contribution >= 0.6 is 11.6 Å². The molecule has 1 saturated heterocycles. The molecule has 1 aromatic carbocycles. The number of hydrogen-bond donors (Lipinski definition) is 0. The van der Waals surface area contributed by atoms with E-state index in [1.54, 1.807) is 11.9 Å². The molecule has 1 unspecified atom stereocenters. The molecule has 1 aliphatic rings. The maximum Gasteiger partial charge on any atom is 0.256 e. The molecule has 0 spiro atoms. The van der Waals surface area contributed by atoms with Crippen LogP contribution in [0.1, 0.15) is 36.5 Å². The van der Waals surface area contributed by atoms with Crippen molar-refractivity contribution in [1.29, 1.82) is 0 Å². The largest absolute Gasteiger partial charge is 0.342 e. The second kappa shape index (κ2) is 7.25. The highest BCUT2D eigenvalue weighted by molar-refractivity contribution is 6.33. The molecule has 1 atom stereocenters. The number of piperazine rings is 1. The highest BCUT2D eigenvalue weighted by atomic mass is 35.5. The average Bonchev–Trinajstić information content (AvgIpc) is 2.51. The van der Waals surface area contributed by atoms with Crippen LogP contribution in [-0.4, -0.2) is 47.8 Å². The van der Waals surface area contributed by atoms with Gasteiger partial charge in [0.05, 0.1) is 10.6 Å². The molecule has 2 rings (SSSR count). The third kappa shape index (κ3) is 3.63. The van der Waals surface area contributed by atoms with Gasteiger partial charge in [-0.2, -0.15) is 0 Å². The lowest BCUT2D eigenvalue weighted by Gasteiger charge is -2.39. The Morgan fingerprint density at radius 3 is 2.61 bits per heavy atom. The minimum atomic E-state index is -1.14. The fourth-order valence-corrected chi connectivity index (χ4v) is 2.90. The van der Waals surface area contributed by atoms with Crippen LogP contribution in [0.2, 0.25) is 5.02 Å². The van der Waals surface area contributed by atoms with Crippen molar-refractivity contribution in [1.82, 2.24) is 9.80 Å². The second-order valence-corrected chi connectivity index (χ2v) is 6.07. The molecule has 2 amide bonds. The van der Waals surface area contributed by atoms with Crippen LogP contribution in [0.25, 0.3) is 0 Å². The van der Waals surface area contributed by atoms with Crippen LogP contribution in [0.15, 0.2) is 12.1 Å². The summed E-state index contributed by atoms with van der Waals surface area (Å²) in [7, 11) is 1.69. The van der Waals surface area contributed by atoms with Gasteiger partial charge in [0.2, 0.25) is 5.91 Å². The van der Waals surface area contributed by atoms with Crippen molar-refractivity contribution < 1.29 is 18.4 Å². The van der Waals surface area contributed by atoms with Crippen molar-refractivity contribution in [2.45, 2.75) is 32.2 Å². The van der Waals surface area contributed by atoms with Gasteiger partial charge >= 0.3 is 0 Å². The summed E-state index contributed by atoms with van der Waals surface area (Å²) in [6.45, 7) is 2.73. The van der Waals surface area contributed by atoms with Gasteiger partial charge in [-0.1, -0.05) is 31.4 Å².